The second-order valence-electron chi connectivity index (χ2n) is 1.86. The van der Waals surface area contributed by atoms with Crippen LogP contribution in [0, 0.1) is 0 Å². The molecule has 0 bridgehead atoms. The summed E-state index contributed by atoms with van der Waals surface area (Å²) in [4.78, 5) is 24.6. The highest BCUT2D eigenvalue weighted by Crippen LogP contribution is 2.11. The van der Waals surface area contributed by atoms with Gasteiger partial charge in [-0.1, -0.05) is 0 Å². The number of nitrogens with zero attached hydrogens (tertiary/aromatic N) is 1. The zero-order chi connectivity index (χ0) is 8.27. The molecule has 0 saturated carbocycles. The van der Waals surface area contributed by atoms with Gasteiger partial charge in [0.15, 0.2) is 10.9 Å². The van der Waals surface area contributed by atoms with Gasteiger partial charge in [-0.2, -0.15) is 0 Å². The highest BCUT2D eigenvalue weighted by atomic mass is 32.1. The van der Waals surface area contributed by atoms with Gasteiger partial charge in [-0.25, -0.2) is 4.98 Å². The molecule has 0 aliphatic rings. The molecule has 0 saturated heterocycles. The lowest BCUT2D eigenvalue weighted by Crippen LogP contribution is -1.99. The fourth-order valence-electron chi connectivity index (χ4n) is 0.596. The zero-order valence-electron chi connectivity index (χ0n) is 5.61. The van der Waals surface area contributed by atoms with Gasteiger partial charge in [-0.3, -0.25) is 4.79 Å². The monoisotopic (exact) mass is 170 g/mol. The molecule has 11 heavy (non-hydrogen) atoms. The Morgan fingerprint density at radius 1 is 1.82 bits per heavy atom. The maximum absolute atomic E-state index is 10.9. The topological polar surface area (TPSA) is 73.0 Å². The summed E-state index contributed by atoms with van der Waals surface area (Å²) in [5.41, 5.74) is 5.56. The van der Waals surface area contributed by atoms with Crippen molar-refractivity contribution in [2.24, 2.45) is 0 Å². The highest BCUT2D eigenvalue weighted by Gasteiger charge is 2.07. The minimum atomic E-state index is -0.284. The number of hydrogen-bond acceptors (Lipinski definition) is 5. The van der Waals surface area contributed by atoms with E-state index in [1.807, 2.05) is 0 Å². The zero-order valence-corrected chi connectivity index (χ0v) is 6.43. The summed E-state index contributed by atoms with van der Waals surface area (Å²) in [6.07, 6.45) is 0.432. The van der Waals surface area contributed by atoms with Gasteiger partial charge in [0.2, 0.25) is 0 Å². The van der Waals surface area contributed by atoms with Crippen molar-refractivity contribution in [1.29, 1.82) is 0 Å². The number of ketones is 1. The van der Waals surface area contributed by atoms with Gasteiger partial charge in [-0.15, -0.1) is 11.3 Å². The SMILES string of the molecule is Nc1nc(C(=O)CC=O)cs1. The number of Topliss-reactive ketones (excluding diaryl/α,β-unsaturated/α-hetero) is 1. The van der Waals surface area contributed by atoms with Gasteiger partial charge in [0.05, 0.1) is 6.42 Å². The van der Waals surface area contributed by atoms with Crippen LogP contribution in [0.1, 0.15) is 16.9 Å². The van der Waals surface area contributed by atoms with E-state index in [0.29, 0.717) is 11.4 Å². The van der Waals surface area contributed by atoms with Crippen molar-refractivity contribution in [1.82, 2.24) is 4.98 Å². The lowest BCUT2D eigenvalue weighted by Gasteiger charge is -1.85. The highest BCUT2D eigenvalue weighted by molar-refractivity contribution is 7.13. The first kappa shape index (κ1) is 7.87. The summed E-state index contributed by atoms with van der Waals surface area (Å²) in [7, 11) is 0. The quantitative estimate of drug-likeness (QED) is 0.407. The van der Waals surface area contributed by atoms with Crippen molar-refractivity contribution in [3.63, 3.8) is 0 Å². The molecule has 0 aliphatic carbocycles. The largest absolute Gasteiger partial charge is 0.375 e. The van der Waals surface area contributed by atoms with Crippen molar-refractivity contribution in [2.45, 2.75) is 6.42 Å². The van der Waals surface area contributed by atoms with Crippen LogP contribution in [0.25, 0.3) is 0 Å². The molecule has 58 valence electrons. The maximum Gasteiger partial charge on any atom is 0.189 e. The molecule has 0 unspecified atom stereocenters. The third-order valence-corrected chi connectivity index (χ3v) is 1.75. The minimum absolute atomic E-state index is 0.122. The van der Waals surface area contributed by atoms with Crippen LogP contribution in [0.3, 0.4) is 0 Å². The summed E-state index contributed by atoms with van der Waals surface area (Å²) in [5, 5.41) is 1.89. The summed E-state index contributed by atoms with van der Waals surface area (Å²) >= 11 is 1.19. The maximum atomic E-state index is 10.9. The van der Waals surface area contributed by atoms with Gasteiger partial charge >= 0.3 is 0 Å². The van der Waals surface area contributed by atoms with E-state index in [-0.39, 0.29) is 17.9 Å². The Morgan fingerprint density at radius 3 is 3.00 bits per heavy atom. The molecule has 0 aliphatic heterocycles. The predicted octanol–water partition coefficient (Wildman–Crippen LogP) is 0.497. The average Bonchev–Trinajstić information content (AvgIpc) is 2.36. The molecule has 0 radical (unpaired) electrons. The predicted molar refractivity (Wildman–Crippen MR) is 41.5 cm³/mol. The Balaban J connectivity index is 2.76. The van der Waals surface area contributed by atoms with Crippen LogP contribution >= 0.6 is 11.3 Å². The Hall–Kier alpha value is -1.23. The van der Waals surface area contributed by atoms with Gasteiger partial charge in [0, 0.05) is 5.38 Å². The second-order valence-corrected chi connectivity index (χ2v) is 2.75. The summed E-state index contributed by atoms with van der Waals surface area (Å²) < 4.78 is 0. The molecule has 0 amide bonds. The van der Waals surface area contributed by atoms with E-state index in [0.717, 1.165) is 0 Å². The number of aldehydes is 1. The van der Waals surface area contributed by atoms with Crippen molar-refractivity contribution < 1.29 is 9.59 Å². The number of aromatic nitrogens is 1. The van der Waals surface area contributed by atoms with Crippen LogP contribution < -0.4 is 5.73 Å². The van der Waals surface area contributed by atoms with Crippen molar-refractivity contribution >= 4 is 28.5 Å². The first-order valence-corrected chi connectivity index (χ1v) is 3.80. The van der Waals surface area contributed by atoms with Crippen molar-refractivity contribution in [3.05, 3.63) is 11.1 Å². The third-order valence-electron chi connectivity index (χ3n) is 1.08. The van der Waals surface area contributed by atoms with E-state index in [2.05, 4.69) is 4.98 Å². The van der Waals surface area contributed by atoms with E-state index in [1.165, 1.54) is 11.3 Å². The van der Waals surface area contributed by atoms with Crippen molar-refractivity contribution in [2.75, 3.05) is 5.73 Å². The molecule has 2 N–H and O–H groups in total. The van der Waals surface area contributed by atoms with E-state index in [4.69, 9.17) is 5.73 Å². The van der Waals surface area contributed by atoms with Crippen molar-refractivity contribution in [3.8, 4) is 0 Å². The molecule has 0 aromatic carbocycles. The van der Waals surface area contributed by atoms with Gasteiger partial charge < -0.3 is 10.5 Å². The lowest BCUT2D eigenvalue weighted by molar-refractivity contribution is -0.107. The van der Waals surface area contributed by atoms with Crippen LogP contribution in [-0.2, 0) is 4.79 Å². The molecule has 0 atom stereocenters. The number of hydrogen-bond donors (Lipinski definition) is 1. The normalized spacial score (nSPS) is 9.45. The number of nitrogens with two attached hydrogens (primary N) is 1. The van der Waals surface area contributed by atoms with Crippen LogP contribution in [0.15, 0.2) is 5.38 Å². The number of carbonyl (C=O) groups excluding carboxylic acids is 2. The number of anilines is 1. The third kappa shape index (κ3) is 1.84. The van der Waals surface area contributed by atoms with Crippen LogP contribution in [0.2, 0.25) is 0 Å². The molecule has 1 rings (SSSR count). The smallest absolute Gasteiger partial charge is 0.189 e. The first-order valence-electron chi connectivity index (χ1n) is 2.92. The van der Waals surface area contributed by atoms with Gasteiger partial charge in [0.1, 0.15) is 12.0 Å². The molecule has 0 fully saturated rings. The Labute approximate surface area is 67.0 Å². The fraction of sp³-hybridized carbons (Fsp3) is 0.167. The average molecular weight is 170 g/mol. The van der Waals surface area contributed by atoms with E-state index in [1.54, 1.807) is 5.38 Å². The minimum Gasteiger partial charge on any atom is -0.375 e. The first-order chi connectivity index (χ1) is 5.24. The number of thiazole rings is 1. The standard InChI is InChI=1S/C6H6N2O2S/c7-6-8-4(3-11-6)5(10)1-2-9/h2-3H,1H2,(H2,7,8). The summed E-state index contributed by atoms with van der Waals surface area (Å²) in [6.45, 7) is 0. The molecular weight excluding hydrogens is 164 g/mol. The van der Waals surface area contributed by atoms with E-state index < -0.39 is 0 Å². The second kappa shape index (κ2) is 3.25. The number of rotatable bonds is 3. The lowest BCUT2D eigenvalue weighted by atomic mass is 10.2. The van der Waals surface area contributed by atoms with Crippen LogP contribution in [0.5, 0.6) is 0 Å². The van der Waals surface area contributed by atoms with E-state index >= 15 is 0 Å². The van der Waals surface area contributed by atoms with Crippen LogP contribution in [-0.4, -0.2) is 17.1 Å². The Bertz CT molecular complexity index is 282. The van der Waals surface area contributed by atoms with E-state index in [9.17, 15) is 9.59 Å². The summed E-state index contributed by atoms with van der Waals surface area (Å²) in [5.74, 6) is -0.284. The van der Waals surface area contributed by atoms with Gasteiger partial charge in [-0.05, 0) is 0 Å². The molecule has 0 spiro atoms. The number of carbonyl (C=O) groups is 2. The molecule has 1 aromatic rings. The van der Waals surface area contributed by atoms with Crippen LogP contribution in [0.4, 0.5) is 5.13 Å². The molecular formula is C6H6N2O2S. The molecule has 4 nitrogen and oxygen atoms in total. The Morgan fingerprint density at radius 2 is 2.55 bits per heavy atom. The fourth-order valence-corrected chi connectivity index (χ4v) is 1.16. The Kier molecular flexibility index (Phi) is 2.32. The van der Waals surface area contributed by atoms with Gasteiger partial charge in [0.25, 0.3) is 0 Å². The summed E-state index contributed by atoms with van der Waals surface area (Å²) in [6, 6.07) is 0. The molecule has 5 heteroatoms. The molecule has 1 heterocycles. The molecule has 1 aromatic heterocycles. The number of nitrogen functional groups attached to an aromatic ring is 1.